The summed E-state index contributed by atoms with van der Waals surface area (Å²) < 4.78 is 6.26. The molecule has 0 bridgehead atoms. The molecule has 0 spiro atoms. The van der Waals surface area contributed by atoms with Crippen LogP contribution in [-0.4, -0.2) is 56.4 Å². The van der Waals surface area contributed by atoms with Crippen molar-refractivity contribution in [3.05, 3.63) is 11.4 Å². The third kappa shape index (κ3) is 2.67. The largest absolute Gasteiger partial charge is 0.476 e. The van der Waals surface area contributed by atoms with E-state index in [9.17, 15) is 14.4 Å². The number of hydrogen-bond donors (Lipinski definition) is 1. The Balaban J connectivity index is 2.11. The van der Waals surface area contributed by atoms with Crippen LogP contribution in [0, 0.1) is 0 Å². The quantitative estimate of drug-likeness (QED) is 0.684. The molecular formula is C11H14N4O5. The second kappa shape index (κ2) is 5.78. The average Bonchev–Trinajstić information content (AvgIpc) is 2.93. The predicted molar refractivity (Wildman–Crippen MR) is 63.6 cm³/mol. The SMILES string of the molecule is COCc1c(C(=O)O)nnn1CCN1C(=O)CCC1=O. The molecule has 2 heterocycles. The molecule has 1 aromatic rings. The molecule has 9 heteroatoms. The minimum absolute atomic E-state index is 0.0382. The van der Waals surface area contributed by atoms with Gasteiger partial charge in [-0.2, -0.15) is 0 Å². The number of ether oxygens (including phenoxy) is 1. The van der Waals surface area contributed by atoms with E-state index in [1.165, 1.54) is 11.8 Å². The van der Waals surface area contributed by atoms with Gasteiger partial charge in [0, 0.05) is 26.5 Å². The van der Waals surface area contributed by atoms with Crippen LogP contribution in [0.2, 0.25) is 0 Å². The zero-order valence-electron chi connectivity index (χ0n) is 10.9. The summed E-state index contributed by atoms with van der Waals surface area (Å²) in [4.78, 5) is 35.1. The lowest BCUT2D eigenvalue weighted by Crippen LogP contribution is -2.32. The van der Waals surface area contributed by atoms with E-state index in [2.05, 4.69) is 10.3 Å². The maximum Gasteiger partial charge on any atom is 0.358 e. The average molecular weight is 282 g/mol. The first-order valence-electron chi connectivity index (χ1n) is 6.02. The van der Waals surface area contributed by atoms with Gasteiger partial charge in [0.2, 0.25) is 11.8 Å². The summed E-state index contributed by atoms with van der Waals surface area (Å²) in [6, 6.07) is 0. The second-order valence-electron chi connectivity index (χ2n) is 4.29. The maximum absolute atomic E-state index is 11.5. The van der Waals surface area contributed by atoms with Gasteiger partial charge in [-0.1, -0.05) is 5.21 Å². The summed E-state index contributed by atoms with van der Waals surface area (Å²) in [6.45, 7) is 0.379. The molecule has 2 amide bonds. The Morgan fingerprint density at radius 1 is 1.30 bits per heavy atom. The Bertz CT molecular complexity index is 537. The lowest BCUT2D eigenvalue weighted by atomic mass is 10.3. The maximum atomic E-state index is 11.5. The molecule has 1 aliphatic rings. The number of hydrogen-bond acceptors (Lipinski definition) is 6. The van der Waals surface area contributed by atoms with Crippen molar-refractivity contribution in [2.75, 3.05) is 13.7 Å². The Morgan fingerprint density at radius 3 is 2.50 bits per heavy atom. The smallest absolute Gasteiger partial charge is 0.358 e. The zero-order valence-corrected chi connectivity index (χ0v) is 10.9. The molecule has 0 unspecified atom stereocenters. The lowest BCUT2D eigenvalue weighted by molar-refractivity contribution is -0.138. The van der Waals surface area contributed by atoms with E-state index in [-0.39, 0.29) is 50.0 Å². The number of aromatic nitrogens is 3. The van der Waals surface area contributed by atoms with Crippen molar-refractivity contribution in [1.29, 1.82) is 0 Å². The molecule has 1 saturated heterocycles. The van der Waals surface area contributed by atoms with Crippen LogP contribution < -0.4 is 0 Å². The molecule has 1 fully saturated rings. The molecule has 0 atom stereocenters. The number of carbonyl (C=O) groups is 3. The molecule has 2 rings (SSSR count). The van der Waals surface area contributed by atoms with E-state index in [1.54, 1.807) is 0 Å². The van der Waals surface area contributed by atoms with Gasteiger partial charge in [-0.05, 0) is 0 Å². The summed E-state index contributed by atoms with van der Waals surface area (Å²) in [7, 11) is 1.43. The first kappa shape index (κ1) is 14.1. The highest BCUT2D eigenvalue weighted by Crippen LogP contribution is 2.12. The molecule has 20 heavy (non-hydrogen) atoms. The van der Waals surface area contributed by atoms with E-state index >= 15 is 0 Å². The number of carbonyl (C=O) groups excluding carboxylic acids is 2. The molecular weight excluding hydrogens is 268 g/mol. The fourth-order valence-corrected chi connectivity index (χ4v) is 2.03. The Kier molecular flexibility index (Phi) is 4.08. The molecule has 0 aromatic carbocycles. The predicted octanol–water partition coefficient (Wildman–Crippen LogP) is -0.728. The molecule has 1 aliphatic heterocycles. The van der Waals surface area contributed by atoms with Gasteiger partial charge in [0.25, 0.3) is 0 Å². The van der Waals surface area contributed by atoms with Crippen molar-refractivity contribution in [3.63, 3.8) is 0 Å². The molecule has 1 aromatic heterocycles. The van der Waals surface area contributed by atoms with Crippen LogP contribution in [0.4, 0.5) is 0 Å². The number of nitrogens with zero attached hydrogens (tertiary/aromatic N) is 4. The van der Waals surface area contributed by atoms with Gasteiger partial charge in [0.05, 0.1) is 18.8 Å². The van der Waals surface area contributed by atoms with Gasteiger partial charge in [0.1, 0.15) is 0 Å². The van der Waals surface area contributed by atoms with E-state index in [4.69, 9.17) is 9.84 Å². The molecule has 108 valence electrons. The van der Waals surface area contributed by atoms with Crippen molar-refractivity contribution in [2.24, 2.45) is 0 Å². The van der Waals surface area contributed by atoms with E-state index in [0.717, 1.165) is 4.90 Å². The summed E-state index contributed by atoms with van der Waals surface area (Å²) in [5.74, 6) is -1.64. The summed E-state index contributed by atoms with van der Waals surface area (Å²) in [5.41, 5.74) is 0.116. The van der Waals surface area contributed by atoms with Crippen LogP contribution in [0.25, 0.3) is 0 Å². The van der Waals surface area contributed by atoms with Gasteiger partial charge in [-0.25, -0.2) is 9.48 Å². The number of amides is 2. The standard InChI is InChI=1S/C11H14N4O5/c1-20-6-7-10(11(18)19)12-13-15(7)5-4-14-8(16)2-3-9(14)17/h2-6H2,1H3,(H,18,19). The van der Waals surface area contributed by atoms with E-state index < -0.39 is 5.97 Å². The zero-order chi connectivity index (χ0) is 14.7. The summed E-state index contributed by atoms with van der Waals surface area (Å²) in [5, 5.41) is 16.3. The van der Waals surface area contributed by atoms with Gasteiger partial charge < -0.3 is 9.84 Å². The number of imide groups is 1. The van der Waals surface area contributed by atoms with Crippen LogP contribution in [0.3, 0.4) is 0 Å². The summed E-state index contributed by atoms with van der Waals surface area (Å²) >= 11 is 0. The molecule has 9 nitrogen and oxygen atoms in total. The third-order valence-corrected chi connectivity index (χ3v) is 3.01. The Labute approximate surface area is 114 Å². The highest BCUT2D eigenvalue weighted by Gasteiger charge is 2.29. The van der Waals surface area contributed by atoms with Gasteiger partial charge in [0.15, 0.2) is 5.69 Å². The molecule has 0 radical (unpaired) electrons. The Morgan fingerprint density at radius 2 is 1.95 bits per heavy atom. The van der Waals surface area contributed by atoms with Gasteiger partial charge in [-0.15, -0.1) is 5.10 Å². The van der Waals surface area contributed by atoms with Crippen LogP contribution in [-0.2, 0) is 27.5 Å². The van der Waals surface area contributed by atoms with Crippen molar-refractivity contribution >= 4 is 17.8 Å². The third-order valence-electron chi connectivity index (χ3n) is 3.01. The minimum atomic E-state index is -1.20. The van der Waals surface area contributed by atoms with Gasteiger partial charge in [-0.3, -0.25) is 14.5 Å². The van der Waals surface area contributed by atoms with Crippen LogP contribution >= 0.6 is 0 Å². The number of aromatic carboxylic acids is 1. The van der Waals surface area contributed by atoms with Crippen LogP contribution in [0.1, 0.15) is 29.0 Å². The van der Waals surface area contributed by atoms with Crippen molar-refractivity contribution in [3.8, 4) is 0 Å². The highest BCUT2D eigenvalue weighted by molar-refractivity contribution is 6.01. The van der Waals surface area contributed by atoms with Crippen molar-refractivity contribution in [2.45, 2.75) is 26.0 Å². The number of carboxylic acids is 1. The van der Waals surface area contributed by atoms with Gasteiger partial charge >= 0.3 is 5.97 Å². The number of rotatable bonds is 6. The fourth-order valence-electron chi connectivity index (χ4n) is 2.03. The summed E-state index contributed by atoms with van der Waals surface area (Å²) in [6.07, 6.45) is 0.447. The minimum Gasteiger partial charge on any atom is -0.476 e. The van der Waals surface area contributed by atoms with Crippen LogP contribution in [0.5, 0.6) is 0 Å². The van der Waals surface area contributed by atoms with Crippen molar-refractivity contribution in [1.82, 2.24) is 19.9 Å². The van der Waals surface area contributed by atoms with Crippen LogP contribution in [0.15, 0.2) is 0 Å². The number of carboxylic acid groups (broad SMARTS) is 1. The topological polar surface area (TPSA) is 115 Å². The van der Waals surface area contributed by atoms with Crippen molar-refractivity contribution < 1.29 is 24.2 Å². The number of methoxy groups -OCH3 is 1. The number of likely N-dealkylation sites (tertiary alicyclic amines) is 1. The Hall–Kier alpha value is -2.29. The highest BCUT2D eigenvalue weighted by atomic mass is 16.5. The molecule has 0 aliphatic carbocycles. The second-order valence-corrected chi connectivity index (χ2v) is 4.29. The molecule has 1 N–H and O–H groups in total. The van der Waals surface area contributed by atoms with E-state index in [0.29, 0.717) is 5.69 Å². The first-order chi connectivity index (χ1) is 9.54. The lowest BCUT2D eigenvalue weighted by Gasteiger charge is -2.14. The fraction of sp³-hybridized carbons (Fsp3) is 0.545. The normalized spacial score (nSPS) is 15.2. The monoisotopic (exact) mass is 282 g/mol. The first-order valence-corrected chi connectivity index (χ1v) is 6.02. The van der Waals surface area contributed by atoms with E-state index in [1.807, 2.05) is 0 Å². The molecule has 0 saturated carbocycles.